The first-order chi connectivity index (χ1) is 13.2. The standard InChI is InChI=1S/C20H20N6O/c1-14-4-7-17(27-14)13-26-10-2-3-19(26)18-8-9-22-20(25-18)24-16-6-5-15(11-21)23-12-16/h4-9,12,19H,2-3,10,13H2,1H3,(H,22,24,25). The smallest absolute Gasteiger partial charge is 0.227 e. The van der Waals surface area contributed by atoms with Gasteiger partial charge >= 0.3 is 0 Å². The molecule has 0 aromatic carbocycles. The van der Waals surface area contributed by atoms with Crippen LogP contribution in [0.15, 0.2) is 47.1 Å². The van der Waals surface area contributed by atoms with Gasteiger partial charge in [-0.3, -0.25) is 4.90 Å². The van der Waals surface area contributed by atoms with Crippen LogP contribution in [0.4, 0.5) is 11.6 Å². The molecular weight excluding hydrogens is 340 g/mol. The summed E-state index contributed by atoms with van der Waals surface area (Å²) in [4.78, 5) is 15.5. The Morgan fingerprint density at radius 3 is 2.93 bits per heavy atom. The van der Waals surface area contributed by atoms with E-state index in [1.165, 1.54) is 0 Å². The van der Waals surface area contributed by atoms with Gasteiger partial charge in [0.1, 0.15) is 23.3 Å². The molecule has 1 saturated heterocycles. The lowest BCUT2D eigenvalue weighted by Gasteiger charge is -2.23. The fourth-order valence-corrected chi connectivity index (χ4v) is 3.40. The number of hydrogen-bond donors (Lipinski definition) is 1. The fraction of sp³-hybridized carbons (Fsp3) is 0.300. The van der Waals surface area contributed by atoms with Crippen molar-refractivity contribution in [1.29, 1.82) is 5.26 Å². The first-order valence-corrected chi connectivity index (χ1v) is 8.97. The van der Waals surface area contributed by atoms with Gasteiger partial charge in [0.15, 0.2) is 0 Å². The molecule has 1 N–H and O–H groups in total. The quantitative estimate of drug-likeness (QED) is 0.741. The molecule has 0 aliphatic carbocycles. The number of aryl methyl sites for hydroxylation is 1. The van der Waals surface area contributed by atoms with E-state index >= 15 is 0 Å². The molecule has 0 amide bonds. The number of pyridine rings is 1. The van der Waals surface area contributed by atoms with E-state index in [0.29, 0.717) is 11.6 Å². The number of nitriles is 1. The zero-order valence-electron chi connectivity index (χ0n) is 15.1. The van der Waals surface area contributed by atoms with Crippen LogP contribution < -0.4 is 5.32 Å². The Balaban J connectivity index is 1.49. The van der Waals surface area contributed by atoms with Crippen LogP contribution in [-0.2, 0) is 6.54 Å². The maximum Gasteiger partial charge on any atom is 0.227 e. The molecule has 4 rings (SSSR count). The summed E-state index contributed by atoms with van der Waals surface area (Å²) in [6.07, 6.45) is 5.58. The van der Waals surface area contributed by atoms with Crippen molar-refractivity contribution in [3.05, 3.63) is 65.6 Å². The lowest BCUT2D eigenvalue weighted by Crippen LogP contribution is -2.23. The SMILES string of the molecule is Cc1ccc(CN2CCCC2c2ccnc(Nc3ccc(C#N)nc3)n2)o1. The van der Waals surface area contributed by atoms with Gasteiger partial charge < -0.3 is 9.73 Å². The summed E-state index contributed by atoms with van der Waals surface area (Å²) in [5, 5.41) is 12.0. The Labute approximate surface area is 157 Å². The number of hydrogen-bond acceptors (Lipinski definition) is 7. The molecular formula is C20H20N6O. The molecule has 0 spiro atoms. The highest BCUT2D eigenvalue weighted by molar-refractivity contribution is 5.52. The van der Waals surface area contributed by atoms with E-state index in [1.54, 1.807) is 24.5 Å². The predicted molar refractivity (Wildman–Crippen MR) is 100 cm³/mol. The topological polar surface area (TPSA) is 90.9 Å². The van der Waals surface area contributed by atoms with Gasteiger partial charge in [0, 0.05) is 6.20 Å². The minimum Gasteiger partial charge on any atom is -0.465 e. The largest absolute Gasteiger partial charge is 0.465 e. The van der Waals surface area contributed by atoms with Gasteiger partial charge in [-0.1, -0.05) is 0 Å². The van der Waals surface area contributed by atoms with Gasteiger partial charge in [-0.15, -0.1) is 0 Å². The molecule has 1 unspecified atom stereocenters. The highest BCUT2D eigenvalue weighted by Gasteiger charge is 2.28. The third kappa shape index (κ3) is 3.96. The summed E-state index contributed by atoms with van der Waals surface area (Å²) in [6, 6.07) is 11.7. The summed E-state index contributed by atoms with van der Waals surface area (Å²) in [7, 11) is 0. The minimum absolute atomic E-state index is 0.248. The van der Waals surface area contributed by atoms with Gasteiger partial charge in [-0.25, -0.2) is 15.0 Å². The van der Waals surface area contributed by atoms with Crippen LogP contribution in [0.3, 0.4) is 0 Å². The fourth-order valence-electron chi connectivity index (χ4n) is 3.40. The van der Waals surface area contributed by atoms with Gasteiger partial charge in [-0.05, 0) is 56.6 Å². The maximum absolute atomic E-state index is 8.84. The van der Waals surface area contributed by atoms with Crippen LogP contribution in [0.1, 0.15) is 41.8 Å². The first-order valence-electron chi connectivity index (χ1n) is 8.97. The Bertz CT molecular complexity index is 959. The second-order valence-corrected chi connectivity index (χ2v) is 6.61. The Hall–Kier alpha value is -3.24. The number of anilines is 2. The van der Waals surface area contributed by atoms with E-state index in [1.807, 2.05) is 31.2 Å². The predicted octanol–water partition coefficient (Wildman–Crippen LogP) is 3.73. The van der Waals surface area contributed by atoms with Crippen LogP contribution >= 0.6 is 0 Å². The maximum atomic E-state index is 8.84. The monoisotopic (exact) mass is 360 g/mol. The van der Waals surface area contributed by atoms with E-state index in [2.05, 4.69) is 20.2 Å². The zero-order valence-corrected chi connectivity index (χ0v) is 15.1. The van der Waals surface area contributed by atoms with E-state index in [9.17, 15) is 0 Å². The van der Waals surface area contributed by atoms with Crippen molar-refractivity contribution >= 4 is 11.6 Å². The first kappa shape index (κ1) is 17.2. The van der Waals surface area contributed by atoms with Crippen LogP contribution in [0.25, 0.3) is 0 Å². The van der Waals surface area contributed by atoms with Crippen LogP contribution in [0.5, 0.6) is 0 Å². The lowest BCUT2D eigenvalue weighted by atomic mass is 10.1. The molecule has 7 nitrogen and oxygen atoms in total. The number of likely N-dealkylation sites (tertiary alicyclic amines) is 1. The van der Waals surface area contributed by atoms with E-state index in [4.69, 9.17) is 14.7 Å². The molecule has 1 fully saturated rings. The van der Waals surface area contributed by atoms with Crippen molar-refractivity contribution in [3.8, 4) is 6.07 Å². The number of furan rings is 1. The molecule has 27 heavy (non-hydrogen) atoms. The molecule has 1 aliphatic rings. The molecule has 7 heteroatoms. The zero-order chi connectivity index (χ0) is 18.6. The number of aromatic nitrogens is 3. The van der Waals surface area contributed by atoms with Gasteiger partial charge in [0.2, 0.25) is 5.95 Å². The second kappa shape index (κ2) is 7.56. The summed E-state index contributed by atoms with van der Waals surface area (Å²) in [6.45, 7) is 3.77. The third-order valence-corrected chi connectivity index (χ3v) is 4.67. The number of nitrogens with zero attached hydrogens (tertiary/aromatic N) is 5. The minimum atomic E-state index is 0.248. The van der Waals surface area contributed by atoms with E-state index in [-0.39, 0.29) is 6.04 Å². The summed E-state index contributed by atoms with van der Waals surface area (Å²) >= 11 is 0. The molecule has 0 bridgehead atoms. The summed E-state index contributed by atoms with van der Waals surface area (Å²) in [5.41, 5.74) is 2.13. The average molecular weight is 360 g/mol. The normalized spacial score (nSPS) is 17.0. The molecule has 3 aromatic rings. The van der Waals surface area contributed by atoms with Crippen molar-refractivity contribution < 1.29 is 4.42 Å². The van der Waals surface area contributed by atoms with Crippen LogP contribution in [0, 0.1) is 18.3 Å². The van der Waals surface area contributed by atoms with Crippen molar-refractivity contribution in [2.24, 2.45) is 0 Å². The molecule has 4 heterocycles. The molecule has 0 saturated carbocycles. The van der Waals surface area contributed by atoms with E-state index < -0.39 is 0 Å². The summed E-state index contributed by atoms with van der Waals surface area (Å²) in [5.74, 6) is 2.44. The highest BCUT2D eigenvalue weighted by atomic mass is 16.3. The van der Waals surface area contributed by atoms with E-state index in [0.717, 1.165) is 48.8 Å². The average Bonchev–Trinajstić information content (AvgIpc) is 3.32. The second-order valence-electron chi connectivity index (χ2n) is 6.61. The van der Waals surface area contributed by atoms with Crippen molar-refractivity contribution in [1.82, 2.24) is 19.9 Å². The summed E-state index contributed by atoms with van der Waals surface area (Å²) < 4.78 is 5.73. The third-order valence-electron chi connectivity index (χ3n) is 4.67. The number of nitrogens with one attached hydrogen (secondary N) is 1. The van der Waals surface area contributed by atoms with Crippen molar-refractivity contribution in [2.45, 2.75) is 32.4 Å². The van der Waals surface area contributed by atoms with Crippen molar-refractivity contribution in [3.63, 3.8) is 0 Å². The number of rotatable bonds is 5. The van der Waals surface area contributed by atoms with Gasteiger partial charge in [0.05, 0.1) is 30.2 Å². The van der Waals surface area contributed by atoms with Crippen molar-refractivity contribution in [2.75, 3.05) is 11.9 Å². The van der Waals surface area contributed by atoms with Gasteiger partial charge in [0.25, 0.3) is 0 Å². The van der Waals surface area contributed by atoms with Crippen LogP contribution in [0.2, 0.25) is 0 Å². The Kier molecular flexibility index (Phi) is 4.81. The van der Waals surface area contributed by atoms with Gasteiger partial charge in [-0.2, -0.15) is 5.26 Å². The molecule has 0 radical (unpaired) electrons. The highest BCUT2D eigenvalue weighted by Crippen LogP contribution is 2.32. The molecule has 136 valence electrons. The molecule has 3 aromatic heterocycles. The Morgan fingerprint density at radius 1 is 1.26 bits per heavy atom. The molecule has 1 aliphatic heterocycles. The Morgan fingerprint density at radius 2 is 2.19 bits per heavy atom. The lowest BCUT2D eigenvalue weighted by molar-refractivity contribution is 0.223. The molecule has 1 atom stereocenters. The van der Waals surface area contributed by atoms with Crippen LogP contribution in [-0.4, -0.2) is 26.4 Å².